The average Bonchev–Trinajstić information content (AvgIpc) is 3.10. The lowest BCUT2D eigenvalue weighted by atomic mass is 10.1. The average molecular weight is 390 g/mol. The molecule has 3 aromatic rings. The summed E-state index contributed by atoms with van der Waals surface area (Å²) in [6, 6.07) is 14.2. The van der Waals surface area contributed by atoms with Crippen LogP contribution in [0.25, 0.3) is 10.4 Å². The number of hydrogen-bond acceptors (Lipinski definition) is 4. The van der Waals surface area contributed by atoms with Crippen molar-refractivity contribution in [1.82, 2.24) is 5.43 Å². The lowest BCUT2D eigenvalue weighted by molar-refractivity contribution is -0.137. The summed E-state index contributed by atoms with van der Waals surface area (Å²) in [6.07, 6.45) is -4.52. The van der Waals surface area contributed by atoms with Crippen LogP contribution in [0.15, 0.2) is 54.6 Å². The Labute approximate surface area is 156 Å². The fourth-order valence-corrected chi connectivity index (χ4v) is 3.93. The van der Waals surface area contributed by atoms with Gasteiger partial charge in [-0.3, -0.25) is 15.6 Å². The fraction of sp³-hybridized carbons (Fsp3) is 0.105. The number of amides is 1. The van der Waals surface area contributed by atoms with E-state index < -0.39 is 17.6 Å². The minimum atomic E-state index is -4.52. The molecule has 0 bridgehead atoms. The van der Waals surface area contributed by atoms with Crippen LogP contribution in [0.5, 0.6) is 5.75 Å². The van der Waals surface area contributed by atoms with Crippen LogP contribution in [0.1, 0.15) is 20.8 Å². The van der Waals surface area contributed by atoms with E-state index in [0.29, 0.717) is 11.5 Å². The maximum absolute atomic E-state index is 13.0. The Balaban J connectivity index is 1.54. The first kappa shape index (κ1) is 17.4. The number of carbonyl (C=O) groups is 1. The summed E-state index contributed by atoms with van der Waals surface area (Å²) in [5, 5.41) is 0. The quantitative estimate of drug-likeness (QED) is 0.613. The highest BCUT2D eigenvalue weighted by Gasteiger charge is 2.33. The fourth-order valence-electron chi connectivity index (χ4n) is 2.84. The molecule has 0 saturated heterocycles. The van der Waals surface area contributed by atoms with E-state index in [-0.39, 0.29) is 5.69 Å². The number of para-hydroxylation sites is 2. The molecular weight excluding hydrogens is 377 g/mol. The number of carbonyl (C=O) groups excluding carboxylic acids is 1. The number of anilines is 1. The highest BCUT2D eigenvalue weighted by Crippen LogP contribution is 2.42. The van der Waals surface area contributed by atoms with Gasteiger partial charge in [0.1, 0.15) is 12.4 Å². The minimum absolute atomic E-state index is 0.214. The van der Waals surface area contributed by atoms with Crippen molar-refractivity contribution >= 4 is 22.9 Å². The van der Waals surface area contributed by atoms with Gasteiger partial charge in [-0.1, -0.05) is 24.3 Å². The maximum Gasteiger partial charge on any atom is 0.418 e. The Kier molecular flexibility index (Phi) is 4.27. The number of rotatable bonds is 3. The molecule has 27 heavy (non-hydrogen) atoms. The van der Waals surface area contributed by atoms with Gasteiger partial charge in [-0.15, -0.1) is 11.3 Å². The highest BCUT2D eigenvalue weighted by molar-refractivity contribution is 7.17. The second-order valence-corrected chi connectivity index (χ2v) is 6.92. The van der Waals surface area contributed by atoms with Crippen molar-refractivity contribution in [2.24, 2.45) is 0 Å². The number of thiophene rings is 1. The predicted molar refractivity (Wildman–Crippen MR) is 96.6 cm³/mol. The first-order chi connectivity index (χ1) is 12.9. The first-order valence-electron chi connectivity index (χ1n) is 8.01. The molecule has 0 aliphatic carbocycles. The van der Waals surface area contributed by atoms with E-state index in [2.05, 4.69) is 10.9 Å². The van der Waals surface area contributed by atoms with E-state index in [1.807, 2.05) is 24.3 Å². The van der Waals surface area contributed by atoms with Crippen molar-refractivity contribution in [3.8, 4) is 16.2 Å². The van der Waals surface area contributed by atoms with Crippen molar-refractivity contribution in [2.75, 3.05) is 5.43 Å². The molecule has 0 saturated carbocycles. The number of halogens is 3. The largest absolute Gasteiger partial charge is 0.488 e. The molecule has 2 N–H and O–H groups in total. The van der Waals surface area contributed by atoms with E-state index in [9.17, 15) is 18.0 Å². The Morgan fingerprint density at radius 3 is 2.63 bits per heavy atom. The van der Waals surface area contributed by atoms with Crippen LogP contribution < -0.4 is 15.6 Å². The van der Waals surface area contributed by atoms with Gasteiger partial charge in [-0.25, -0.2) is 0 Å². The number of fused-ring (bicyclic) bond motifs is 3. The number of alkyl halides is 3. The number of ether oxygens (including phenoxy) is 1. The third kappa shape index (κ3) is 3.35. The zero-order chi connectivity index (χ0) is 19.0. The molecule has 1 aliphatic rings. The normalized spacial score (nSPS) is 12.6. The second-order valence-electron chi connectivity index (χ2n) is 5.87. The van der Waals surface area contributed by atoms with Crippen LogP contribution in [0.4, 0.5) is 18.9 Å². The standard InChI is InChI=1S/C19H13F3N2O2S/c20-19(21,22)13-6-2-3-7-14(13)23-24-18(25)16-9-11-10-26-15-8-4-1-5-12(15)17(11)27-16/h1-9,23H,10H2,(H,24,25). The van der Waals surface area contributed by atoms with Crippen LogP contribution >= 0.6 is 11.3 Å². The Morgan fingerprint density at radius 1 is 1.07 bits per heavy atom. The van der Waals surface area contributed by atoms with E-state index in [4.69, 9.17) is 4.74 Å². The van der Waals surface area contributed by atoms with Gasteiger partial charge in [0.2, 0.25) is 0 Å². The van der Waals surface area contributed by atoms with Crippen molar-refractivity contribution in [3.63, 3.8) is 0 Å². The molecule has 0 atom stereocenters. The molecule has 1 aromatic heterocycles. The molecule has 1 amide bonds. The molecule has 0 fully saturated rings. The SMILES string of the molecule is O=C(NNc1ccccc1C(F)(F)F)c1cc2c(s1)-c1ccccc1OC2. The molecule has 0 spiro atoms. The van der Waals surface area contributed by atoms with E-state index >= 15 is 0 Å². The Bertz CT molecular complexity index is 1010. The van der Waals surface area contributed by atoms with Gasteiger partial charge < -0.3 is 4.74 Å². The number of benzene rings is 2. The molecule has 8 heteroatoms. The zero-order valence-electron chi connectivity index (χ0n) is 13.8. The summed E-state index contributed by atoms with van der Waals surface area (Å²) >= 11 is 1.28. The number of hydrazine groups is 1. The smallest absolute Gasteiger partial charge is 0.418 e. The minimum Gasteiger partial charge on any atom is -0.488 e. The van der Waals surface area contributed by atoms with Crippen LogP contribution in [0, 0.1) is 0 Å². The topological polar surface area (TPSA) is 50.4 Å². The summed E-state index contributed by atoms with van der Waals surface area (Å²) in [7, 11) is 0. The second kappa shape index (κ2) is 6.62. The number of nitrogens with one attached hydrogen (secondary N) is 2. The van der Waals surface area contributed by atoms with Gasteiger partial charge in [-0.2, -0.15) is 13.2 Å². The van der Waals surface area contributed by atoms with Gasteiger partial charge in [0, 0.05) is 16.0 Å². The Morgan fingerprint density at radius 2 is 1.81 bits per heavy atom. The van der Waals surface area contributed by atoms with Crippen molar-refractivity contribution in [3.05, 3.63) is 70.6 Å². The van der Waals surface area contributed by atoms with Crippen LogP contribution in [0.3, 0.4) is 0 Å². The Hall–Kier alpha value is -3.00. The summed E-state index contributed by atoms with van der Waals surface area (Å²) in [6.45, 7) is 0.348. The summed E-state index contributed by atoms with van der Waals surface area (Å²) in [5.74, 6) is 0.236. The predicted octanol–water partition coefficient (Wildman–Crippen LogP) is 5.08. The molecule has 2 heterocycles. The molecule has 138 valence electrons. The summed E-state index contributed by atoms with van der Waals surface area (Å²) in [4.78, 5) is 13.7. The lowest BCUT2D eigenvalue weighted by Gasteiger charge is -2.16. The summed E-state index contributed by atoms with van der Waals surface area (Å²) < 4.78 is 44.7. The van der Waals surface area contributed by atoms with E-state index in [0.717, 1.165) is 27.8 Å². The third-order valence-electron chi connectivity index (χ3n) is 4.09. The van der Waals surface area contributed by atoms with Gasteiger partial charge in [0.05, 0.1) is 16.1 Å². The molecule has 0 unspecified atom stereocenters. The summed E-state index contributed by atoms with van der Waals surface area (Å²) in [5.41, 5.74) is 5.43. The maximum atomic E-state index is 13.0. The molecule has 2 aromatic carbocycles. The first-order valence-corrected chi connectivity index (χ1v) is 8.82. The monoisotopic (exact) mass is 390 g/mol. The molecule has 0 radical (unpaired) electrons. The van der Waals surface area contributed by atoms with Crippen molar-refractivity contribution < 1.29 is 22.7 Å². The molecule has 4 nitrogen and oxygen atoms in total. The lowest BCUT2D eigenvalue weighted by Crippen LogP contribution is -2.29. The van der Waals surface area contributed by atoms with Crippen molar-refractivity contribution in [1.29, 1.82) is 0 Å². The van der Waals surface area contributed by atoms with Gasteiger partial charge >= 0.3 is 6.18 Å². The van der Waals surface area contributed by atoms with Gasteiger partial charge in [0.15, 0.2) is 0 Å². The highest BCUT2D eigenvalue weighted by atomic mass is 32.1. The van der Waals surface area contributed by atoms with Crippen LogP contribution in [-0.4, -0.2) is 5.91 Å². The third-order valence-corrected chi connectivity index (χ3v) is 5.30. The molecule has 4 rings (SSSR count). The van der Waals surface area contributed by atoms with Gasteiger partial charge in [-0.05, 0) is 30.3 Å². The van der Waals surface area contributed by atoms with Gasteiger partial charge in [0.25, 0.3) is 5.91 Å². The zero-order valence-corrected chi connectivity index (χ0v) is 14.6. The van der Waals surface area contributed by atoms with Crippen LogP contribution in [-0.2, 0) is 12.8 Å². The van der Waals surface area contributed by atoms with E-state index in [1.165, 1.54) is 29.5 Å². The molecular formula is C19H13F3N2O2S. The number of hydrogen-bond donors (Lipinski definition) is 2. The molecule has 1 aliphatic heterocycles. The van der Waals surface area contributed by atoms with E-state index in [1.54, 1.807) is 6.07 Å². The van der Waals surface area contributed by atoms with Crippen LogP contribution in [0.2, 0.25) is 0 Å². The van der Waals surface area contributed by atoms with Crippen molar-refractivity contribution in [2.45, 2.75) is 12.8 Å².